The summed E-state index contributed by atoms with van der Waals surface area (Å²) in [6, 6.07) is 9.02. The number of hydrogen-bond acceptors (Lipinski definition) is 2. The highest BCUT2D eigenvalue weighted by atomic mass is 79.9. The van der Waals surface area contributed by atoms with E-state index in [0.717, 1.165) is 21.9 Å². The second-order valence-corrected chi connectivity index (χ2v) is 5.73. The zero-order valence-corrected chi connectivity index (χ0v) is 13.2. The van der Waals surface area contributed by atoms with Crippen molar-refractivity contribution in [1.29, 1.82) is 0 Å². The molecule has 0 aliphatic carbocycles. The smallest absolute Gasteiger partial charge is 0.133 e. The molecule has 0 bridgehead atoms. The SMILES string of the molecule is COc1ccc(CC(N)Cc2ccc(F)cc2F)cc1Br. The van der Waals surface area contributed by atoms with Gasteiger partial charge in [0, 0.05) is 12.1 Å². The van der Waals surface area contributed by atoms with E-state index in [2.05, 4.69) is 15.9 Å². The van der Waals surface area contributed by atoms with Gasteiger partial charge in [0.15, 0.2) is 0 Å². The highest BCUT2D eigenvalue weighted by Gasteiger charge is 2.11. The molecule has 0 radical (unpaired) electrons. The fourth-order valence-corrected chi connectivity index (χ4v) is 2.77. The Morgan fingerprint density at radius 1 is 1.14 bits per heavy atom. The molecule has 2 nitrogen and oxygen atoms in total. The zero-order chi connectivity index (χ0) is 15.4. The molecular formula is C16H16BrF2NO. The quantitative estimate of drug-likeness (QED) is 0.883. The maximum Gasteiger partial charge on any atom is 0.133 e. The molecule has 0 saturated carbocycles. The molecule has 2 rings (SSSR count). The summed E-state index contributed by atoms with van der Waals surface area (Å²) in [5, 5.41) is 0. The number of ether oxygens (including phenoxy) is 1. The van der Waals surface area contributed by atoms with Gasteiger partial charge in [0.05, 0.1) is 11.6 Å². The average Bonchev–Trinajstić information content (AvgIpc) is 2.42. The van der Waals surface area contributed by atoms with Gasteiger partial charge in [0.2, 0.25) is 0 Å². The summed E-state index contributed by atoms with van der Waals surface area (Å²) >= 11 is 3.42. The van der Waals surface area contributed by atoms with Crippen molar-refractivity contribution in [2.45, 2.75) is 18.9 Å². The normalized spacial score (nSPS) is 12.2. The predicted molar refractivity (Wildman–Crippen MR) is 82.4 cm³/mol. The van der Waals surface area contributed by atoms with Crippen LogP contribution in [0.4, 0.5) is 8.78 Å². The van der Waals surface area contributed by atoms with Gasteiger partial charge in [-0.2, -0.15) is 0 Å². The van der Waals surface area contributed by atoms with Crippen molar-refractivity contribution in [1.82, 2.24) is 0 Å². The van der Waals surface area contributed by atoms with Gasteiger partial charge in [0.1, 0.15) is 17.4 Å². The van der Waals surface area contributed by atoms with Gasteiger partial charge in [0.25, 0.3) is 0 Å². The minimum Gasteiger partial charge on any atom is -0.496 e. The summed E-state index contributed by atoms with van der Waals surface area (Å²) in [6.45, 7) is 0. The van der Waals surface area contributed by atoms with Crippen LogP contribution in [0.5, 0.6) is 5.75 Å². The number of hydrogen-bond donors (Lipinski definition) is 1. The van der Waals surface area contributed by atoms with Crippen molar-refractivity contribution in [2.75, 3.05) is 7.11 Å². The Hall–Kier alpha value is -1.46. The molecule has 0 aliphatic heterocycles. The minimum atomic E-state index is -0.580. The molecule has 2 N–H and O–H groups in total. The minimum absolute atomic E-state index is 0.245. The van der Waals surface area contributed by atoms with Crippen molar-refractivity contribution < 1.29 is 13.5 Å². The molecule has 2 aromatic carbocycles. The Morgan fingerprint density at radius 3 is 2.52 bits per heavy atom. The molecule has 1 atom stereocenters. The van der Waals surface area contributed by atoms with E-state index in [1.165, 1.54) is 12.1 Å². The maximum atomic E-state index is 13.6. The van der Waals surface area contributed by atoms with Gasteiger partial charge >= 0.3 is 0 Å². The predicted octanol–water partition coefficient (Wildman–Crippen LogP) is 3.85. The van der Waals surface area contributed by atoms with E-state index < -0.39 is 11.6 Å². The standard InChI is InChI=1S/C16H16BrF2NO/c1-21-16-5-2-10(7-14(16)17)6-13(20)8-11-3-4-12(18)9-15(11)19/h2-5,7,9,13H,6,8,20H2,1H3. The Bertz CT molecular complexity index is 634. The van der Waals surface area contributed by atoms with E-state index in [4.69, 9.17) is 10.5 Å². The largest absolute Gasteiger partial charge is 0.496 e. The van der Waals surface area contributed by atoms with E-state index in [1.807, 2.05) is 18.2 Å². The summed E-state index contributed by atoms with van der Waals surface area (Å²) in [6.07, 6.45) is 0.954. The van der Waals surface area contributed by atoms with Gasteiger partial charge < -0.3 is 10.5 Å². The van der Waals surface area contributed by atoms with E-state index in [9.17, 15) is 8.78 Å². The highest BCUT2D eigenvalue weighted by molar-refractivity contribution is 9.10. The molecule has 0 aromatic heterocycles. The van der Waals surface area contributed by atoms with Crippen molar-refractivity contribution in [3.8, 4) is 5.75 Å². The van der Waals surface area contributed by atoms with Crippen molar-refractivity contribution in [3.05, 3.63) is 63.6 Å². The van der Waals surface area contributed by atoms with Crippen LogP contribution in [0.2, 0.25) is 0 Å². The fourth-order valence-electron chi connectivity index (χ4n) is 2.18. The van der Waals surface area contributed by atoms with Gasteiger partial charge in [-0.15, -0.1) is 0 Å². The van der Waals surface area contributed by atoms with Gasteiger partial charge in [-0.05, 0) is 58.1 Å². The van der Waals surface area contributed by atoms with Gasteiger partial charge in [-0.25, -0.2) is 8.78 Å². The second kappa shape index (κ2) is 7.00. The van der Waals surface area contributed by atoms with Crippen molar-refractivity contribution in [2.24, 2.45) is 5.73 Å². The van der Waals surface area contributed by atoms with Gasteiger partial charge in [-0.3, -0.25) is 0 Å². The number of rotatable bonds is 5. The monoisotopic (exact) mass is 355 g/mol. The molecule has 5 heteroatoms. The van der Waals surface area contributed by atoms with Crippen LogP contribution in [-0.4, -0.2) is 13.2 Å². The lowest BCUT2D eigenvalue weighted by Crippen LogP contribution is -2.26. The third-order valence-corrected chi connectivity index (χ3v) is 3.83. The van der Waals surface area contributed by atoms with Crippen molar-refractivity contribution in [3.63, 3.8) is 0 Å². The molecule has 2 aromatic rings. The first kappa shape index (κ1) is 15.9. The highest BCUT2D eigenvalue weighted by Crippen LogP contribution is 2.26. The van der Waals surface area contributed by atoms with Gasteiger partial charge in [-0.1, -0.05) is 12.1 Å². The molecule has 0 aliphatic rings. The van der Waals surface area contributed by atoms with Crippen molar-refractivity contribution >= 4 is 15.9 Å². The molecule has 0 amide bonds. The van der Waals surface area contributed by atoms with Crippen LogP contribution in [-0.2, 0) is 12.8 Å². The first-order chi connectivity index (χ1) is 9.99. The topological polar surface area (TPSA) is 35.2 Å². The molecule has 0 fully saturated rings. The summed E-state index contributed by atoms with van der Waals surface area (Å²) in [7, 11) is 1.60. The lowest BCUT2D eigenvalue weighted by Gasteiger charge is -2.13. The number of halogens is 3. The first-order valence-corrected chi connectivity index (χ1v) is 7.31. The lowest BCUT2D eigenvalue weighted by atomic mass is 9.99. The van der Waals surface area contributed by atoms with E-state index in [0.29, 0.717) is 18.4 Å². The van der Waals surface area contributed by atoms with E-state index in [-0.39, 0.29) is 6.04 Å². The van der Waals surface area contributed by atoms with Crippen LogP contribution < -0.4 is 10.5 Å². The first-order valence-electron chi connectivity index (χ1n) is 6.51. The molecule has 0 heterocycles. The number of benzene rings is 2. The maximum absolute atomic E-state index is 13.6. The Balaban J connectivity index is 2.04. The summed E-state index contributed by atoms with van der Waals surface area (Å²) in [5.41, 5.74) is 7.51. The third kappa shape index (κ3) is 4.25. The molecule has 0 saturated heterocycles. The van der Waals surface area contributed by atoms with E-state index in [1.54, 1.807) is 7.11 Å². The fraction of sp³-hybridized carbons (Fsp3) is 0.250. The molecule has 1 unspecified atom stereocenters. The Kier molecular flexibility index (Phi) is 5.31. The van der Waals surface area contributed by atoms with Crippen LogP contribution in [0.15, 0.2) is 40.9 Å². The number of methoxy groups -OCH3 is 1. The van der Waals surface area contributed by atoms with E-state index >= 15 is 0 Å². The molecule has 112 valence electrons. The summed E-state index contributed by atoms with van der Waals surface area (Å²) < 4.78 is 32.5. The Labute approximate surface area is 131 Å². The third-order valence-electron chi connectivity index (χ3n) is 3.21. The summed E-state index contributed by atoms with van der Waals surface area (Å²) in [4.78, 5) is 0. The van der Waals surface area contributed by atoms with Crippen LogP contribution in [0, 0.1) is 11.6 Å². The molecular weight excluding hydrogens is 340 g/mol. The van der Waals surface area contributed by atoms with Crippen LogP contribution in [0.3, 0.4) is 0 Å². The zero-order valence-electron chi connectivity index (χ0n) is 11.6. The summed E-state index contributed by atoms with van der Waals surface area (Å²) in [5.74, 6) is -0.387. The van der Waals surface area contributed by atoms with Crippen LogP contribution >= 0.6 is 15.9 Å². The van der Waals surface area contributed by atoms with Crippen LogP contribution in [0.25, 0.3) is 0 Å². The van der Waals surface area contributed by atoms with Crippen LogP contribution in [0.1, 0.15) is 11.1 Å². The second-order valence-electron chi connectivity index (χ2n) is 4.87. The average molecular weight is 356 g/mol. The molecule has 0 spiro atoms. The lowest BCUT2D eigenvalue weighted by molar-refractivity contribution is 0.412. The molecule has 21 heavy (non-hydrogen) atoms. The number of nitrogens with two attached hydrogens (primary N) is 1. The Morgan fingerprint density at radius 2 is 1.90 bits per heavy atom.